The van der Waals surface area contributed by atoms with Crippen molar-refractivity contribution >= 4 is 0 Å². The van der Waals surface area contributed by atoms with Crippen molar-refractivity contribution in [3.63, 3.8) is 0 Å². The van der Waals surface area contributed by atoms with Gasteiger partial charge in [-0.25, -0.2) is 0 Å². The van der Waals surface area contributed by atoms with Gasteiger partial charge in [-0.3, -0.25) is 0 Å². The van der Waals surface area contributed by atoms with Crippen molar-refractivity contribution in [1.82, 2.24) is 0 Å². The minimum absolute atomic E-state index is 0.164. The minimum Gasteiger partial charge on any atom is -0.0645 e. The van der Waals surface area contributed by atoms with Crippen LogP contribution in [0.1, 0.15) is 49.3 Å². The van der Waals surface area contributed by atoms with Crippen molar-refractivity contribution in [1.29, 1.82) is 0 Å². The highest BCUT2D eigenvalue weighted by Gasteiger charge is 2.29. The van der Waals surface area contributed by atoms with Gasteiger partial charge in [-0.2, -0.15) is 0 Å². The molecule has 0 bridgehead atoms. The maximum Gasteiger partial charge on any atom is 0.00977 e. The Labute approximate surface area is 146 Å². The lowest BCUT2D eigenvalue weighted by atomic mass is 9.70. The standard InChI is InChI=1S/C24H26/c1-3-24(2,22-17-11-6-12-18-22)19-23(20-13-7-4-8-14-20)21-15-9-5-10-16-21/h4-18,23H,3,19H2,1-2H3. The molecule has 0 aliphatic rings. The molecular weight excluding hydrogens is 288 g/mol. The predicted molar refractivity (Wildman–Crippen MR) is 103 cm³/mol. The first-order valence-electron chi connectivity index (χ1n) is 8.88. The molecule has 24 heavy (non-hydrogen) atoms. The normalized spacial score (nSPS) is 13.6. The van der Waals surface area contributed by atoms with Gasteiger partial charge in [-0.1, -0.05) is 105 Å². The van der Waals surface area contributed by atoms with Crippen LogP contribution in [0.2, 0.25) is 0 Å². The topological polar surface area (TPSA) is 0 Å². The Hall–Kier alpha value is -2.34. The fourth-order valence-electron chi connectivity index (χ4n) is 3.56. The first-order valence-corrected chi connectivity index (χ1v) is 8.88. The van der Waals surface area contributed by atoms with Crippen LogP contribution in [-0.4, -0.2) is 0 Å². The van der Waals surface area contributed by atoms with E-state index < -0.39 is 0 Å². The molecule has 3 rings (SSSR count). The molecule has 3 aromatic rings. The van der Waals surface area contributed by atoms with E-state index in [1.807, 2.05) is 0 Å². The second-order valence-corrected chi connectivity index (χ2v) is 6.86. The molecule has 1 atom stereocenters. The third-order valence-corrected chi connectivity index (χ3v) is 5.31. The van der Waals surface area contributed by atoms with Crippen LogP contribution in [0.15, 0.2) is 91.0 Å². The van der Waals surface area contributed by atoms with E-state index in [9.17, 15) is 0 Å². The summed E-state index contributed by atoms with van der Waals surface area (Å²) < 4.78 is 0. The third kappa shape index (κ3) is 3.59. The minimum atomic E-state index is 0.164. The highest BCUT2D eigenvalue weighted by molar-refractivity contribution is 5.35. The summed E-state index contributed by atoms with van der Waals surface area (Å²) in [4.78, 5) is 0. The molecule has 3 aromatic carbocycles. The van der Waals surface area contributed by atoms with E-state index in [1.54, 1.807) is 0 Å². The van der Waals surface area contributed by atoms with Crippen LogP contribution in [0, 0.1) is 0 Å². The quantitative estimate of drug-likeness (QED) is 0.482. The van der Waals surface area contributed by atoms with Gasteiger partial charge < -0.3 is 0 Å². The van der Waals surface area contributed by atoms with Crippen LogP contribution >= 0.6 is 0 Å². The number of benzene rings is 3. The summed E-state index contributed by atoms with van der Waals surface area (Å²) in [6, 6.07) is 32.8. The van der Waals surface area contributed by atoms with Gasteiger partial charge in [0.25, 0.3) is 0 Å². The van der Waals surface area contributed by atoms with Gasteiger partial charge in [0.1, 0.15) is 0 Å². The van der Waals surface area contributed by atoms with Crippen molar-refractivity contribution in [3.8, 4) is 0 Å². The Kier molecular flexibility index (Phi) is 5.15. The van der Waals surface area contributed by atoms with Crippen LogP contribution in [0.3, 0.4) is 0 Å². The van der Waals surface area contributed by atoms with Gasteiger partial charge in [0.2, 0.25) is 0 Å². The molecule has 0 amide bonds. The molecule has 0 radical (unpaired) electrons. The van der Waals surface area contributed by atoms with E-state index in [1.165, 1.54) is 16.7 Å². The summed E-state index contributed by atoms with van der Waals surface area (Å²) in [6.45, 7) is 4.71. The van der Waals surface area contributed by atoms with E-state index in [-0.39, 0.29) is 5.41 Å². The Morgan fingerprint density at radius 2 is 1.08 bits per heavy atom. The first kappa shape index (κ1) is 16.5. The lowest BCUT2D eigenvalue weighted by Gasteiger charge is -2.34. The number of rotatable bonds is 6. The summed E-state index contributed by atoms with van der Waals surface area (Å²) in [7, 11) is 0. The second kappa shape index (κ2) is 7.49. The largest absolute Gasteiger partial charge is 0.0645 e. The molecule has 0 saturated heterocycles. The van der Waals surface area contributed by atoms with Crippen LogP contribution in [0.5, 0.6) is 0 Å². The highest BCUT2D eigenvalue weighted by Crippen LogP contribution is 2.40. The van der Waals surface area contributed by atoms with E-state index in [4.69, 9.17) is 0 Å². The molecular formula is C24H26. The van der Waals surface area contributed by atoms with E-state index in [0.717, 1.165) is 12.8 Å². The average Bonchev–Trinajstić information content (AvgIpc) is 2.68. The lowest BCUT2D eigenvalue weighted by Crippen LogP contribution is -2.24. The molecule has 1 unspecified atom stereocenters. The molecule has 0 aromatic heterocycles. The van der Waals surface area contributed by atoms with Gasteiger partial charge in [0.15, 0.2) is 0 Å². The summed E-state index contributed by atoms with van der Waals surface area (Å²) in [6.07, 6.45) is 2.24. The number of hydrogen-bond acceptors (Lipinski definition) is 0. The monoisotopic (exact) mass is 314 g/mol. The highest BCUT2D eigenvalue weighted by atomic mass is 14.3. The Morgan fingerprint density at radius 1 is 0.667 bits per heavy atom. The third-order valence-electron chi connectivity index (χ3n) is 5.31. The van der Waals surface area contributed by atoms with Crippen LogP contribution in [0.4, 0.5) is 0 Å². The van der Waals surface area contributed by atoms with E-state index in [0.29, 0.717) is 5.92 Å². The fraction of sp³-hybridized carbons (Fsp3) is 0.250. The van der Waals surface area contributed by atoms with Crippen molar-refractivity contribution in [2.75, 3.05) is 0 Å². The Morgan fingerprint density at radius 3 is 1.50 bits per heavy atom. The van der Waals surface area contributed by atoms with Gasteiger partial charge in [0.05, 0.1) is 0 Å². The molecule has 0 aliphatic heterocycles. The zero-order chi connectivity index (χ0) is 16.8. The molecule has 0 aliphatic carbocycles. The van der Waals surface area contributed by atoms with E-state index in [2.05, 4.69) is 105 Å². The summed E-state index contributed by atoms with van der Waals surface area (Å²) in [5.41, 5.74) is 4.40. The molecule has 0 spiro atoms. The van der Waals surface area contributed by atoms with Gasteiger partial charge in [-0.05, 0) is 34.9 Å². The Bertz CT molecular complexity index is 691. The maximum absolute atomic E-state index is 2.40. The lowest BCUT2D eigenvalue weighted by molar-refractivity contribution is 0.397. The molecule has 0 heterocycles. The van der Waals surface area contributed by atoms with Crippen molar-refractivity contribution < 1.29 is 0 Å². The molecule has 0 heteroatoms. The first-order chi connectivity index (χ1) is 11.7. The number of hydrogen-bond donors (Lipinski definition) is 0. The van der Waals surface area contributed by atoms with Gasteiger partial charge >= 0.3 is 0 Å². The zero-order valence-electron chi connectivity index (χ0n) is 14.7. The van der Waals surface area contributed by atoms with Gasteiger partial charge in [0, 0.05) is 5.92 Å². The fourth-order valence-corrected chi connectivity index (χ4v) is 3.56. The predicted octanol–water partition coefficient (Wildman–Crippen LogP) is 6.58. The summed E-state index contributed by atoms with van der Waals surface area (Å²) >= 11 is 0. The molecule has 0 fully saturated rings. The molecule has 122 valence electrons. The van der Waals surface area contributed by atoms with Crippen molar-refractivity contribution in [3.05, 3.63) is 108 Å². The van der Waals surface area contributed by atoms with Crippen LogP contribution in [0.25, 0.3) is 0 Å². The maximum atomic E-state index is 2.40. The molecule has 0 nitrogen and oxygen atoms in total. The molecule has 0 saturated carbocycles. The molecule has 0 N–H and O–H groups in total. The average molecular weight is 314 g/mol. The second-order valence-electron chi connectivity index (χ2n) is 6.86. The van der Waals surface area contributed by atoms with Crippen molar-refractivity contribution in [2.45, 2.75) is 38.0 Å². The summed E-state index contributed by atoms with van der Waals surface area (Å²) in [5, 5.41) is 0. The SMILES string of the molecule is CCC(C)(CC(c1ccccc1)c1ccccc1)c1ccccc1. The van der Waals surface area contributed by atoms with Gasteiger partial charge in [-0.15, -0.1) is 0 Å². The summed E-state index contributed by atoms with van der Waals surface area (Å²) in [5.74, 6) is 0.414. The van der Waals surface area contributed by atoms with Crippen molar-refractivity contribution in [2.24, 2.45) is 0 Å². The van der Waals surface area contributed by atoms with E-state index >= 15 is 0 Å². The Balaban J connectivity index is 2.00. The smallest absolute Gasteiger partial charge is 0.00977 e. The van der Waals surface area contributed by atoms with Crippen LogP contribution in [-0.2, 0) is 5.41 Å². The van der Waals surface area contributed by atoms with Crippen LogP contribution < -0.4 is 0 Å². The zero-order valence-corrected chi connectivity index (χ0v) is 14.7.